The third-order valence-corrected chi connectivity index (χ3v) is 7.07. The maximum Gasteiger partial charge on any atom is 0.131 e. The van der Waals surface area contributed by atoms with Crippen molar-refractivity contribution in [3.63, 3.8) is 0 Å². The minimum Gasteiger partial charge on any atom is -0.296 e. The van der Waals surface area contributed by atoms with Crippen LogP contribution in [0.1, 0.15) is 11.1 Å². The standard InChI is InChI=1S/C36H26N2/c1-5-17-29(18-6-1)37(30-19-7-2-8-20-30)36(35-33-25-27-15-13-14-16-28(27)26-34(33)35)38(31-21-9-3-10-22-31)32-23-11-4-12-24-32/h1-26H. The molecule has 1 aliphatic carbocycles. The number of rotatable bonds is 6. The van der Waals surface area contributed by atoms with Gasteiger partial charge in [-0.1, -0.05) is 97.1 Å². The van der Waals surface area contributed by atoms with Crippen LogP contribution in [0.15, 0.2) is 164 Å². The van der Waals surface area contributed by atoms with Crippen molar-refractivity contribution in [3.05, 3.63) is 175 Å². The molecule has 0 heterocycles. The zero-order valence-corrected chi connectivity index (χ0v) is 20.9. The van der Waals surface area contributed by atoms with Crippen molar-refractivity contribution in [2.45, 2.75) is 0 Å². The second-order valence-corrected chi connectivity index (χ2v) is 9.46. The maximum atomic E-state index is 2.39. The highest BCUT2D eigenvalue weighted by atomic mass is 15.3. The highest BCUT2D eigenvalue weighted by molar-refractivity contribution is 6.10. The lowest BCUT2D eigenvalue weighted by Crippen LogP contribution is -2.30. The fourth-order valence-electron chi connectivity index (χ4n) is 5.26. The first kappa shape index (κ1) is 22.1. The van der Waals surface area contributed by atoms with Crippen molar-refractivity contribution in [1.82, 2.24) is 0 Å². The summed E-state index contributed by atoms with van der Waals surface area (Å²) in [6, 6.07) is 55.9. The van der Waals surface area contributed by atoms with E-state index < -0.39 is 0 Å². The lowest BCUT2D eigenvalue weighted by atomic mass is 10.1. The van der Waals surface area contributed by atoms with Gasteiger partial charge in [-0.2, -0.15) is 0 Å². The van der Waals surface area contributed by atoms with E-state index in [0.29, 0.717) is 0 Å². The molecule has 0 aromatic heterocycles. The summed E-state index contributed by atoms with van der Waals surface area (Å²) in [6.07, 6.45) is 0. The van der Waals surface area contributed by atoms with E-state index in [2.05, 4.69) is 168 Å². The van der Waals surface area contributed by atoms with Gasteiger partial charge >= 0.3 is 0 Å². The summed E-state index contributed by atoms with van der Waals surface area (Å²) < 4.78 is 0. The molecule has 2 heteroatoms. The number of anilines is 4. The predicted molar refractivity (Wildman–Crippen MR) is 160 cm³/mol. The molecule has 7 rings (SSSR count). The molecule has 0 saturated heterocycles. The van der Waals surface area contributed by atoms with E-state index in [9.17, 15) is 0 Å². The van der Waals surface area contributed by atoms with Gasteiger partial charge in [0.1, 0.15) is 5.82 Å². The van der Waals surface area contributed by atoms with E-state index in [0.717, 1.165) is 28.6 Å². The SMILES string of the molecule is c1ccc(N(C(=C2c3cc4ccccc4cc32)N(c2ccccc2)c2ccccc2)c2ccccc2)cc1. The Morgan fingerprint density at radius 2 is 0.632 bits per heavy atom. The molecule has 0 N–H and O–H groups in total. The minimum atomic E-state index is 1.11. The fraction of sp³-hybridized carbons (Fsp3) is 0. The fourth-order valence-corrected chi connectivity index (χ4v) is 5.26. The van der Waals surface area contributed by atoms with E-state index in [-0.39, 0.29) is 0 Å². The van der Waals surface area contributed by atoms with Gasteiger partial charge in [-0.05, 0) is 82.6 Å². The number of fused-ring (bicyclic) bond motifs is 2. The van der Waals surface area contributed by atoms with Crippen LogP contribution in [0.2, 0.25) is 0 Å². The van der Waals surface area contributed by atoms with Crippen LogP contribution in [0.5, 0.6) is 0 Å². The minimum absolute atomic E-state index is 1.11. The van der Waals surface area contributed by atoms with Crippen LogP contribution in [0.25, 0.3) is 16.3 Å². The van der Waals surface area contributed by atoms with Crippen molar-refractivity contribution in [3.8, 4) is 0 Å². The molecule has 6 aromatic rings. The third-order valence-electron chi connectivity index (χ3n) is 7.07. The molecule has 2 nitrogen and oxygen atoms in total. The first-order valence-electron chi connectivity index (χ1n) is 13.0. The monoisotopic (exact) mass is 486 g/mol. The predicted octanol–water partition coefficient (Wildman–Crippen LogP) is 9.55. The quantitative estimate of drug-likeness (QED) is 0.231. The average Bonchev–Trinajstić information content (AvgIpc) is 3.69. The summed E-state index contributed by atoms with van der Waals surface area (Å²) in [5.74, 6) is 1.12. The van der Waals surface area contributed by atoms with Crippen molar-refractivity contribution >= 4 is 39.1 Å². The Labute approximate surface area is 223 Å². The lowest BCUT2D eigenvalue weighted by molar-refractivity contribution is 1.06. The molecular weight excluding hydrogens is 460 g/mol. The Balaban J connectivity index is 1.56. The molecule has 0 bridgehead atoms. The molecule has 0 amide bonds. The Morgan fingerprint density at radius 3 is 0.947 bits per heavy atom. The lowest BCUT2D eigenvalue weighted by Gasteiger charge is -2.36. The summed E-state index contributed by atoms with van der Waals surface area (Å²) >= 11 is 0. The molecular formula is C36H26N2. The molecule has 1 aliphatic rings. The molecule has 0 aliphatic heterocycles. The third kappa shape index (κ3) is 3.93. The Kier molecular flexibility index (Phi) is 5.49. The van der Waals surface area contributed by atoms with Crippen LogP contribution in [-0.2, 0) is 0 Å². The summed E-state index contributed by atoms with van der Waals surface area (Å²) in [5, 5.41) is 2.52. The van der Waals surface area contributed by atoms with Gasteiger partial charge in [0.25, 0.3) is 0 Å². The second kappa shape index (κ2) is 9.42. The zero-order valence-electron chi connectivity index (χ0n) is 20.9. The van der Waals surface area contributed by atoms with Gasteiger partial charge in [0, 0.05) is 28.3 Å². The highest BCUT2D eigenvalue weighted by Gasteiger charge is 2.36. The topological polar surface area (TPSA) is 6.48 Å². The van der Waals surface area contributed by atoms with Gasteiger partial charge < -0.3 is 0 Å². The van der Waals surface area contributed by atoms with Gasteiger partial charge in [-0.3, -0.25) is 9.80 Å². The van der Waals surface area contributed by atoms with Crippen LogP contribution in [0.3, 0.4) is 0 Å². The van der Waals surface area contributed by atoms with E-state index >= 15 is 0 Å². The second-order valence-electron chi connectivity index (χ2n) is 9.46. The van der Waals surface area contributed by atoms with Crippen LogP contribution in [0.4, 0.5) is 22.7 Å². The number of benzene rings is 6. The summed E-state index contributed by atoms with van der Waals surface area (Å²) in [6.45, 7) is 0. The molecule has 6 aromatic carbocycles. The number of para-hydroxylation sites is 4. The molecule has 0 radical (unpaired) electrons. The number of hydrogen-bond donors (Lipinski definition) is 0. The van der Waals surface area contributed by atoms with Crippen LogP contribution in [0, 0.1) is 0 Å². The van der Waals surface area contributed by atoms with Gasteiger partial charge in [0.05, 0.1) is 0 Å². The highest BCUT2D eigenvalue weighted by Crippen LogP contribution is 2.52. The van der Waals surface area contributed by atoms with Gasteiger partial charge in [-0.15, -0.1) is 0 Å². The molecule has 0 spiro atoms. The average molecular weight is 487 g/mol. The number of nitrogens with zero attached hydrogens (tertiary/aromatic N) is 2. The maximum absolute atomic E-state index is 2.39. The smallest absolute Gasteiger partial charge is 0.131 e. The summed E-state index contributed by atoms with van der Waals surface area (Å²) in [7, 11) is 0. The summed E-state index contributed by atoms with van der Waals surface area (Å²) in [4.78, 5) is 4.78. The molecule has 0 saturated carbocycles. The zero-order chi connectivity index (χ0) is 25.3. The van der Waals surface area contributed by atoms with Gasteiger partial charge in [-0.25, -0.2) is 0 Å². The largest absolute Gasteiger partial charge is 0.296 e. The van der Waals surface area contributed by atoms with E-state index in [1.54, 1.807) is 0 Å². The molecule has 38 heavy (non-hydrogen) atoms. The normalized spacial score (nSPS) is 11.6. The Hall–Kier alpha value is -5.08. The van der Waals surface area contributed by atoms with Gasteiger partial charge in [0.2, 0.25) is 0 Å². The number of hydrogen-bond acceptors (Lipinski definition) is 2. The first-order chi connectivity index (χ1) is 18.9. The van der Waals surface area contributed by atoms with E-state index in [1.165, 1.54) is 27.5 Å². The van der Waals surface area contributed by atoms with Gasteiger partial charge in [0.15, 0.2) is 0 Å². The van der Waals surface area contributed by atoms with Crippen molar-refractivity contribution < 1.29 is 0 Å². The molecule has 180 valence electrons. The van der Waals surface area contributed by atoms with E-state index in [4.69, 9.17) is 0 Å². The van der Waals surface area contributed by atoms with E-state index in [1.807, 2.05) is 0 Å². The Bertz CT molecular complexity index is 1530. The van der Waals surface area contributed by atoms with Crippen LogP contribution < -0.4 is 9.80 Å². The summed E-state index contributed by atoms with van der Waals surface area (Å²) in [5.41, 5.74) is 8.31. The van der Waals surface area contributed by atoms with Crippen molar-refractivity contribution in [2.75, 3.05) is 9.80 Å². The van der Waals surface area contributed by atoms with Crippen LogP contribution >= 0.6 is 0 Å². The molecule has 0 unspecified atom stereocenters. The van der Waals surface area contributed by atoms with Crippen LogP contribution in [-0.4, -0.2) is 0 Å². The molecule has 0 atom stereocenters. The Morgan fingerprint density at radius 1 is 0.342 bits per heavy atom. The van der Waals surface area contributed by atoms with Crippen molar-refractivity contribution in [2.24, 2.45) is 0 Å². The molecule has 0 fully saturated rings. The first-order valence-corrected chi connectivity index (χ1v) is 13.0. The van der Waals surface area contributed by atoms with Crippen molar-refractivity contribution in [1.29, 1.82) is 0 Å².